The topological polar surface area (TPSA) is 95.1 Å². The molecule has 0 aliphatic carbocycles. The average molecular weight is 516 g/mol. The highest BCUT2D eigenvalue weighted by Crippen LogP contribution is 2.27. The molecule has 0 aliphatic heterocycles. The van der Waals surface area contributed by atoms with Crippen molar-refractivity contribution in [2.75, 3.05) is 35.0 Å². The van der Waals surface area contributed by atoms with Crippen LogP contribution in [0, 0.1) is 11.6 Å². The number of nitrogens with one attached hydrogen (secondary N) is 4. The zero-order chi connectivity index (χ0) is 23.8. The van der Waals surface area contributed by atoms with Gasteiger partial charge in [-0.05, 0) is 43.3 Å². The molecule has 33 heavy (non-hydrogen) atoms. The van der Waals surface area contributed by atoms with Crippen LogP contribution in [-0.4, -0.2) is 33.0 Å². The Morgan fingerprint density at radius 2 is 1.88 bits per heavy atom. The van der Waals surface area contributed by atoms with Crippen molar-refractivity contribution in [1.29, 1.82) is 0 Å². The van der Waals surface area contributed by atoms with E-state index in [1.807, 2.05) is 6.92 Å². The van der Waals surface area contributed by atoms with Gasteiger partial charge in [0.05, 0.1) is 5.69 Å². The lowest BCUT2D eigenvalue weighted by molar-refractivity contribution is 0.557. The van der Waals surface area contributed by atoms with E-state index in [2.05, 4.69) is 25.7 Å². The smallest absolute Gasteiger partial charge is 0.266 e. The molecule has 0 bridgehead atoms. The molecule has 4 N–H and O–H groups in total. The number of benzene rings is 2. The van der Waals surface area contributed by atoms with Gasteiger partial charge in [0.1, 0.15) is 16.5 Å². The molecule has 0 spiro atoms. The van der Waals surface area contributed by atoms with Crippen LogP contribution in [0.1, 0.15) is 18.9 Å². The molecule has 0 radical (unpaired) electrons. The van der Waals surface area contributed by atoms with Crippen LogP contribution in [0.4, 0.5) is 25.3 Å². The van der Waals surface area contributed by atoms with E-state index in [0.717, 1.165) is 48.2 Å². The number of nitrogens with zero attached hydrogens (tertiary/aromatic N) is 1. The van der Waals surface area contributed by atoms with Crippen LogP contribution in [0.2, 0.25) is 5.02 Å². The molecule has 3 rings (SSSR count). The first-order chi connectivity index (χ1) is 15.8. The number of hydrogen-bond acceptors (Lipinski definition) is 7. The highest BCUT2D eigenvalue weighted by molar-refractivity contribution is 7.93. The van der Waals surface area contributed by atoms with Crippen LogP contribution in [0.5, 0.6) is 0 Å². The molecular formula is C21H24ClF2N5O2S2. The van der Waals surface area contributed by atoms with Gasteiger partial charge in [-0.25, -0.2) is 22.2 Å². The van der Waals surface area contributed by atoms with Gasteiger partial charge in [0, 0.05) is 41.4 Å². The molecule has 0 saturated heterocycles. The zero-order valence-electron chi connectivity index (χ0n) is 17.8. The summed E-state index contributed by atoms with van der Waals surface area (Å²) in [5.41, 5.74) is 1.41. The van der Waals surface area contributed by atoms with Crippen LogP contribution >= 0.6 is 22.9 Å². The first-order valence-electron chi connectivity index (χ1n) is 10.2. The first kappa shape index (κ1) is 25.2. The summed E-state index contributed by atoms with van der Waals surface area (Å²) in [6.45, 7) is 4.69. The van der Waals surface area contributed by atoms with E-state index in [0.29, 0.717) is 17.6 Å². The number of anilines is 3. The Morgan fingerprint density at radius 3 is 2.61 bits per heavy atom. The molecular weight excluding hydrogens is 492 g/mol. The number of aromatic nitrogens is 1. The van der Waals surface area contributed by atoms with Crippen LogP contribution in [-0.2, 0) is 16.6 Å². The van der Waals surface area contributed by atoms with Gasteiger partial charge in [-0.3, -0.25) is 4.72 Å². The molecule has 0 aliphatic rings. The second-order valence-electron chi connectivity index (χ2n) is 6.99. The van der Waals surface area contributed by atoms with Crippen LogP contribution in [0.25, 0.3) is 0 Å². The Bertz CT molecular complexity index is 1180. The van der Waals surface area contributed by atoms with E-state index in [-0.39, 0.29) is 17.4 Å². The predicted molar refractivity (Wildman–Crippen MR) is 130 cm³/mol. The number of rotatable bonds is 12. The number of hydrogen-bond donors (Lipinski definition) is 4. The largest absolute Gasteiger partial charge is 0.385 e. The van der Waals surface area contributed by atoms with Crippen molar-refractivity contribution < 1.29 is 17.2 Å². The normalized spacial score (nSPS) is 11.4. The summed E-state index contributed by atoms with van der Waals surface area (Å²) in [7, 11) is -4.32. The first-order valence-corrected chi connectivity index (χ1v) is 12.9. The third kappa shape index (κ3) is 7.00. The van der Waals surface area contributed by atoms with Gasteiger partial charge in [-0.1, -0.05) is 24.6 Å². The summed E-state index contributed by atoms with van der Waals surface area (Å²) < 4.78 is 56.2. The lowest BCUT2D eigenvalue weighted by Crippen LogP contribution is -2.17. The minimum Gasteiger partial charge on any atom is -0.385 e. The van der Waals surface area contributed by atoms with E-state index in [4.69, 9.17) is 11.6 Å². The Morgan fingerprint density at radius 1 is 1.06 bits per heavy atom. The van der Waals surface area contributed by atoms with Gasteiger partial charge >= 0.3 is 0 Å². The quantitative estimate of drug-likeness (QED) is 0.256. The van der Waals surface area contributed by atoms with Crippen LogP contribution in [0.15, 0.2) is 46.8 Å². The minimum absolute atomic E-state index is 0.0604. The van der Waals surface area contributed by atoms with Crippen LogP contribution in [0.3, 0.4) is 0 Å². The Labute approximate surface area is 200 Å². The van der Waals surface area contributed by atoms with Gasteiger partial charge in [0.2, 0.25) is 0 Å². The maximum Gasteiger partial charge on any atom is 0.266 e. The molecule has 0 amide bonds. The minimum atomic E-state index is -4.32. The lowest BCUT2D eigenvalue weighted by Gasteiger charge is -2.15. The summed E-state index contributed by atoms with van der Waals surface area (Å²) in [4.78, 5) is 2.99. The van der Waals surface area contributed by atoms with E-state index in [1.165, 1.54) is 6.20 Å². The van der Waals surface area contributed by atoms with Crippen LogP contribution < -0.4 is 20.7 Å². The SMILES string of the molecule is CCNCCCNc1cc(Cl)ccc1CNc1cc(F)c(S(=O)(=O)Nc2nccs2)cc1F. The summed E-state index contributed by atoms with van der Waals surface area (Å²) in [5, 5.41) is 11.5. The summed E-state index contributed by atoms with van der Waals surface area (Å²) in [5.74, 6) is -1.98. The lowest BCUT2D eigenvalue weighted by atomic mass is 10.1. The molecule has 0 atom stereocenters. The summed E-state index contributed by atoms with van der Waals surface area (Å²) in [6, 6.07) is 6.73. The second-order valence-corrected chi connectivity index (χ2v) is 9.98. The Balaban J connectivity index is 1.71. The average Bonchev–Trinajstić information content (AvgIpc) is 3.27. The predicted octanol–water partition coefficient (Wildman–Crippen LogP) is 4.90. The van der Waals surface area contributed by atoms with Gasteiger partial charge < -0.3 is 16.0 Å². The van der Waals surface area contributed by atoms with E-state index in [1.54, 1.807) is 23.6 Å². The fourth-order valence-corrected chi connectivity index (χ4v) is 5.02. The fourth-order valence-electron chi connectivity index (χ4n) is 2.98. The van der Waals surface area contributed by atoms with Gasteiger partial charge in [0.25, 0.3) is 10.0 Å². The Hall–Kier alpha value is -2.47. The third-order valence-electron chi connectivity index (χ3n) is 4.60. The van der Waals surface area contributed by atoms with Crippen molar-refractivity contribution in [3.63, 3.8) is 0 Å². The monoisotopic (exact) mass is 515 g/mol. The molecule has 0 fully saturated rings. The van der Waals surface area contributed by atoms with Crippen molar-refractivity contribution in [2.45, 2.75) is 24.8 Å². The number of halogens is 3. The van der Waals surface area contributed by atoms with Gasteiger partial charge in [-0.2, -0.15) is 0 Å². The van der Waals surface area contributed by atoms with Crippen molar-refractivity contribution in [3.05, 3.63) is 64.1 Å². The standard InChI is InChI=1S/C21H24ClF2N5O2S2/c1-2-25-6-3-7-26-18-10-15(22)5-4-14(18)13-28-19-11-17(24)20(12-16(19)23)33(30,31)29-21-27-8-9-32-21/h4-5,8-12,25-26,28H,2-3,6-7,13H2,1H3,(H,27,29). The maximum atomic E-state index is 14.6. The molecule has 178 valence electrons. The molecule has 3 aromatic rings. The highest BCUT2D eigenvalue weighted by Gasteiger charge is 2.23. The maximum absolute atomic E-state index is 14.6. The number of sulfonamides is 1. The van der Waals surface area contributed by atoms with Crippen molar-refractivity contribution in [2.24, 2.45) is 0 Å². The van der Waals surface area contributed by atoms with E-state index in [9.17, 15) is 17.2 Å². The molecule has 12 heteroatoms. The molecule has 7 nitrogen and oxygen atoms in total. The summed E-state index contributed by atoms with van der Waals surface area (Å²) in [6.07, 6.45) is 2.30. The molecule has 1 heterocycles. The molecule has 2 aromatic carbocycles. The summed E-state index contributed by atoms with van der Waals surface area (Å²) >= 11 is 7.13. The molecule has 1 aromatic heterocycles. The van der Waals surface area contributed by atoms with Crippen molar-refractivity contribution >= 4 is 49.5 Å². The molecule has 0 unspecified atom stereocenters. The molecule has 0 saturated carbocycles. The number of thiazole rings is 1. The Kier molecular flexibility index (Phi) is 8.84. The highest BCUT2D eigenvalue weighted by atomic mass is 35.5. The van der Waals surface area contributed by atoms with Gasteiger partial charge in [-0.15, -0.1) is 11.3 Å². The van der Waals surface area contributed by atoms with E-state index < -0.39 is 26.6 Å². The second kappa shape index (κ2) is 11.6. The van der Waals surface area contributed by atoms with Gasteiger partial charge in [0.15, 0.2) is 5.13 Å². The third-order valence-corrected chi connectivity index (χ3v) is 7.01. The van der Waals surface area contributed by atoms with Crippen molar-refractivity contribution in [3.8, 4) is 0 Å². The van der Waals surface area contributed by atoms with E-state index >= 15 is 0 Å². The van der Waals surface area contributed by atoms with Crippen molar-refractivity contribution in [1.82, 2.24) is 10.3 Å². The fraction of sp³-hybridized carbons (Fsp3) is 0.286. The zero-order valence-corrected chi connectivity index (χ0v) is 20.2.